The Kier molecular flexibility index (Phi) is 7.38. The normalized spacial score (nSPS) is 27.4. The average Bonchev–Trinajstić information content (AvgIpc) is 3.51. The molecule has 11 heteroatoms. The second-order valence-electron chi connectivity index (χ2n) is 13.7. The van der Waals surface area contributed by atoms with Gasteiger partial charge in [0.2, 0.25) is 17.5 Å². The molecule has 0 unspecified atom stereocenters. The van der Waals surface area contributed by atoms with Crippen LogP contribution in [0, 0.1) is 11.3 Å². The van der Waals surface area contributed by atoms with Crippen molar-refractivity contribution in [2.75, 3.05) is 50.9 Å². The maximum absolute atomic E-state index is 14.4. The van der Waals surface area contributed by atoms with E-state index in [1.165, 1.54) is 24.2 Å². The van der Waals surface area contributed by atoms with Gasteiger partial charge in [0.05, 0.1) is 5.56 Å². The number of rotatable bonds is 6. The van der Waals surface area contributed by atoms with Gasteiger partial charge in [0, 0.05) is 58.8 Å². The predicted octanol–water partition coefficient (Wildman–Crippen LogP) is 3.99. The van der Waals surface area contributed by atoms with Crippen LogP contribution in [0.4, 0.5) is 10.8 Å². The number of nitriles is 1. The molecule has 3 fully saturated rings. The zero-order chi connectivity index (χ0) is 30.8. The van der Waals surface area contributed by atoms with E-state index in [9.17, 15) is 10.1 Å². The lowest BCUT2D eigenvalue weighted by atomic mass is 9.62. The van der Waals surface area contributed by atoms with Crippen LogP contribution in [0.1, 0.15) is 91.3 Å². The van der Waals surface area contributed by atoms with Gasteiger partial charge < -0.3 is 21.1 Å². The number of fused-ring (bicyclic) bond motifs is 2. The largest absolute Gasteiger partial charge is 0.473 e. The molecule has 0 bridgehead atoms. The van der Waals surface area contributed by atoms with Crippen molar-refractivity contribution in [3.63, 3.8) is 0 Å². The molecular weight excluding hydrogens is 572 g/mol. The van der Waals surface area contributed by atoms with Crippen LogP contribution in [-0.4, -0.2) is 83.5 Å². The summed E-state index contributed by atoms with van der Waals surface area (Å²) >= 11 is 1.50. The number of allylic oxidation sites excluding steroid dienone is 2. The summed E-state index contributed by atoms with van der Waals surface area (Å²) < 4.78 is 6.51. The summed E-state index contributed by atoms with van der Waals surface area (Å²) in [6, 6.07) is 4.57. The molecule has 2 saturated heterocycles. The number of aromatic nitrogens is 2. The van der Waals surface area contributed by atoms with Gasteiger partial charge in [0.15, 0.2) is 0 Å². The number of carbonyl (C=O) groups excluding carboxylic acids is 1. The van der Waals surface area contributed by atoms with Gasteiger partial charge in [-0.05, 0) is 97.3 Å². The van der Waals surface area contributed by atoms with Crippen LogP contribution in [0.15, 0.2) is 17.3 Å². The Morgan fingerprint density at radius 2 is 1.89 bits per heavy atom. The number of carbonyl (C=O) groups is 1. The Morgan fingerprint density at radius 3 is 2.59 bits per heavy atom. The maximum Gasteiger partial charge on any atom is 0.228 e. The molecule has 44 heavy (non-hydrogen) atoms. The molecule has 3 aliphatic carbocycles. The van der Waals surface area contributed by atoms with E-state index in [1.54, 1.807) is 0 Å². The third-order valence-electron chi connectivity index (χ3n) is 11.2. The number of Topliss-reactive ketones (excluding diaryl/α,β-unsaturated/α-hetero) is 1. The standard InChI is InChI=1S/C33H44N8O2S/c1-20(23-8-6-14-39(23)2)43-26-17-25(41-16-15-40(3)32(19-41)12-13-32)37-31(38-26)28(42)21-7-4-10-33(29(21)35)11-5-9-24-27(33)22(18-34)30(36)44-24/h17,20,23H,4-16,19,35-36H2,1-3H3/t20-,23-,33-/m0/s1. The smallest absolute Gasteiger partial charge is 0.228 e. The molecule has 2 spiro atoms. The third kappa shape index (κ3) is 4.77. The van der Waals surface area contributed by atoms with Gasteiger partial charge in [-0.3, -0.25) is 14.6 Å². The van der Waals surface area contributed by atoms with Crippen molar-refractivity contribution < 1.29 is 9.53 Å². The van der Waals surface area contributed by atoms with Crippen molar-refractivity contribution in [2.45, 2.75) is 94.2 Å². The second-order valence-corrected chi connectivity index (χ2v) is 14.9. The molecule has 2 aromatic heterocycles. The topological polar surface area (TPSA) is 138 Å². The van der Waals surface area contributed by atoms with Crippen LogP contribution in [0.3, 0.4) is 0 Å². The van der Waals surface area contributed by atoms with Gasteiger partial charge in [0.25, 0.3) is 0 Å². The molecule has 10 nitrogen and oxygen atoms in total. The number of nitrogens with two attached hydrogens (primary N) is 2. The molecule has 4 N–H and O–H groups in total. The lowest BCUT2D eigenvalue weighted by Crippen LogP contribution is -2.53. The summed E-state index contributed by atoms with van der Waals surface area (Å²) in [6.45, 7) is 5.80. The molecule has 0 aromatic carbocycles. The molecule has 5 aliphatic rings. The number of ether oxygens (including phenoxy) is 1. The third-order valence-corrected chi connectivity index (χ3v) is 12.3. The van der Waals surface area contributed by atoms with Gasteiger partial charge in [0.1, 0.15) is 23.0 Å². The summed E-state index contributed by atoms with van der Waals surface area (Å²) in [5.74, 6) is 1.09. The van der Waals surface area contributed by atoms with Crippen molar-refractivity contribution in [1.82, 2.24) is 19.8 Å². The Balaban J connectivity index is 1.27. The monoisotopic (exact) mass is 616 g/mol. The lowest BCUT2D eigenvalue weighted by Gasteiger charge is -2.42. The summed E-state index contributed by atoms with van der Waals surface area (Å²) in [5.41, 5.74) is 15.6. The van der Waals surface area contributed by atoms with E-state index < -0.39 is 5.41 Å². The number of nitrogen functional groups attached to an aromatic ring is 1. The van der Waals surface area contributed by atoms with Crippen LogP contribution in [0.25, 0.3) is 0 Å². The minimum atomic E-state index is -0.551. The number of likely N-dealkylation sites (tertiary alicyclic amines) is 1. The first-order chi connectivity index (χ1) is 21.2. The zero-order valence-corrected chi connectivity index (χ0v) is 27.0. The highest BCUT2D eigenvalue weighted by molar-refractivity contribution is 7.16. The van der Waals surface area contributed by atoms with Gasteiger partial charge in [-0.1, -0.05) is 0 Å². The highest BCUT2D eigenvalue weighted by Gasteiger charge is 2.50. The molecule has 234 valence electrons. The van der Waals surface area contributed by atoms with Crippen molar-refractivity contribution in [2.24, 2.45) is 5.73 Å². The van der Waals surface area contributed by atoms with E-state index in [4.69, 9.17) is 26.2 Å². The van der Waals surface area contributed by atoms with Gasteiger partial charge in [-0.2, -0.15) is 10.2 Å². The van der Waals surface area contributed by atoms with Crippen LogP contribution in [0.2, 0.25) is 0 Å². The first kappa shape index (κ1) is 29.5. The number of nitrogens with zero attached hydrogens (tertiary/aromatic N) is 6. The Bertz CT molecular complexity index is 1560. The predicted molar refractivity (Wildman–Crippen MR) is 172 cm³/mol. The fourth-order valence-corrected chi connectivity index (χ4v) is 9.62. The van der Waals surface area contributed by atoms with Crippen molar-refractivity contribution >= 4 is 27.9 Å². The van der Waals surface area contributed by atoms with Crippen LogP contribution < -0.4 is 21.1 Å². The molecule has 3 atom stereocenters. The molecule has 2 aromatic rings. The second kappa shape index (κ2) is 11.0. The summed E-state index contributed by atoms with van der Waals surface area (Å²) in [6.07, 6.45) is 9.31. The minimum absolute atomic E-state index is 0.0770. The maximum atomic E-state index is 14.4. The molecular formula is C33H44N8O2S. The number of anilines is 2. The summed E-state index contributed by atoms with van der Waals surface area (Å²) in [7, 11) is 4.35. The fraction of sp³-hybridized carbons (Fsp3) is 0.636. The number of piperazine rings is 1. The van der Waals surface area contributed by atoms with Gasteiger partial charge in [-0.15, -0.1) is 11.3 Å². The number of hydrogen-bond acceptors (Lipinski definition) is 11. The Morgan fingerprint density at radius 1 is 1.11 bits per heavy atom. The van der Waals surface area contributed by atoms with E-state index in [2.05, 4.69) is 41.8 Å². The molecule has 0 amide bonds. The number of hydrogen-bond donors (Lipinski definition) is 2. The SMILES string of the molecule is C[C@H](Oc1cc(N2CCN(C)C3(CC3)C2)nc(C(=O)C2=C(N)[C@@]3(CCC2)CCCc2sc(N)c(C#N)c23)n1)[C@@H]1CCCN1C. The van der Waals surface area contributed by atoms with E-state index in [1.807, 2.05) is 6.07 Å². The highest BCUT2D eigenvalue weighted by Crippen LogP contribution is 2.53. The minimum Gasteiger partial charge on any atom is -0.473 e. The number of aryl methyl sites for hydroxylation is 1. The van der Waals surface area contributed by atoms with E-state index in [-0.39, 0.29) is 23.3 Å². The average molecular weight is 617 g/mol. The molecule has 7 rings (SSSR count). The van der Waals surface area contributed by atoms with E-state index in [0.29, 0.717) is 40.2 Å². The Hall–Kier alpha value is -3.20. The summed E-state index contributed by atoms with van der Waals surface area (Å²) in [4.78, 5) is 32.3. The van der Waals surface area contributed by atoms with Crippen LogP contribution in [-0.2, 0) is 11.8 Å². The zero-order valence-electron chi connectivity index (χ0n) is 26.2. The van der Waals surface area contributed by atoms with E-state index >= 15 is 0 Å². The number of ketones is 1. The molecule has 1 saturated carbocycles. The molecule has 4 heterocycles. The Labute approximate surface area is 264 Å². The number of thiophene rings is 1. The number of likely N-dealkylation sites (N-methyl/N-ethyl adjacent to an activating group) is 2. The van der Waals surface area contributed by atoms with E-state index in [0.717, 1.165) is 87.4 Å². The quantitative estimate of drug-likeness (QED) is 0.458. The van der Waals surface area contributed by atoms with Crippen LogP contribution >= 0.6 is 11.3 Å². The highest BCUT2D eigenvalue weighted by atomic mass is 32.1. The van der Waals surface area contributed by atoms with Crippen LogP contribution in [0.5, 0.6) is 5.88 Å². The van der Waals surface area contributed by atoms with Crippen molar-refractivity contribution in [1.29, 1.82) is 5.26 Å². The lowest BCUT2D eigenvalue weighted by molar-refractivity contribution is 0.0998. The first-order valence-corrected chi connectivity index (χ1v) is 17.0. The van der Waals surface area contributed by atoms with Crippen molar-refractivity contribution in [3.05, 3.63) is 39.2 Å². The first-order valence-electron chi connectivity index (χ1n) is 16.2. The fourth-order valence-electron chi connectivity index (χ4n) is 8.46. The summed E-state index contributed by atoms with van der Waals surface area (Å²) in [5, 5.41) is 10.6. The van der Waals surface area contributed by atoms with Crippen molar-refractivity contribution in [3.8, 4) is 11.9 Å². The van der Waals surface area contributed by atoms with Gasteiger partial charge in [-0.25, -0.2) is 4.98 Å². The molecule has 2 aliphatic heterocycles. The molecule has 0 radical (unpaired) electrons. The van der Waals surface area contributed by atoms with Gasteiger partial charge >= 0.3 is 0 Å².